The first-order chi connectivity index (χ1) is 9.28. The Labute approximate surface area is 111 Å². The van der Waals surface area contributed by atoms with Crippen molar-refractivity contribution in [1.29, 1.82) is 0 Å². The van der Waals surface area contributed by atoms with Crippen LogP contribution in [0.3, 0.4) is 0 Å². The van der Waals surface area contributed by atoms with E-state index in [0.29, 0.717) is 5.75 Å². The molecule has 0 unspecified atom stereocenters. The smallest absolute Gasteiger partial charge is 0.335 e. The van der Waals surface area contributed by atoms with Crippen LogP contribution in [-0.2, 0) is 4.79 Å². The number of rotatable bonds is 4. The number of hydrogen-bond donors (Lipinski definition) is 0. The summed E-state index contributed by atoms with van der Waals surface area (Å²) in [5.74, 6) is 0.0208. The van der Waals surface area contributed by atoms with Gasteiger partial charge in [0.25, 0.3) is 0 Å². The van der Waals surface area contributed by atoms with Gasteiger partial charge in [0.2, 0.25) is 0 Å². The molecule has 0 aliphatic rings. The van der Waals surface area contributed by atoms with Crippen molar-refractivity contribution in [2.24, 2.45) is 4.99 Å². The molecule has 0 aliphatic carbocycles. The van der Waals surface area contributed by atoms with Crippen molar-refractivity contribution >= 4 is 17.9 Å². The Hall–Kier alpha value is -2.68. The highest BCUT2D eigenvalue weighted by atomic mass is 16.5. The molecule has 0 radical (unpaired) electrons. The van der Waals surface area contributed by atoms with Gasteiger partial charge >= 0.3 is 5.97 Å². The van der Waals surface area contributed by atoms with Crippen LogP contribution in [-0.4, -0.2) is 12.2 Å². The van der Waals surface area contributed by atoms with Crippen LogP contribution >= 0.6 is 0 Å². The summed E-state index contributed by atoms with van der Waals surface area (Å²) >= 11 is 0. The van der Waals surface area contributed by atoms with E-state index in [1.54, 1.807) is 18.3 Å². The average Bonchev–Trinajstić information content (AvgIpc) is 2.47. The van der Waals surface area contributed by atoms with Gasteiger partial charge in [0.1, 0.15) is 5.75 Å². The largest absolute Gasteiger partial charge is 0.423 e. The number of carbonyl (C=O) groups excluding carboxylic acids is 1. The zero-order chi connectivity index (χ0) is 13.5. The molecule has 0 saturated heterocycles. The summed E-state index contributed by atoms with van der Waals surface area (Å²) in [5, 5.41) is 0. The minimum absolute atomic E-state index is 0.467. The molecule has 3 heteroatoms. The Kier molecular flexibility index (Phi) is 4.24. The maximum atomic E-state index is 11.0. The molecule has 0 amide bonds. The first-order valence-corrected chi connectivity index (χ1v) is 5.81. The lowest BCUT2D eigenvalue weighted by Crippen LogP contribution is -2.02. The molecule has 19 heavy (non-hydrogen) atoms. The minimum atomic E-state index is -0.467. The van der Waals surface area contributed by atoms with Crippen LogP contribution in [0.25, 0.3) is 0 Å². The maximum absolute atomic E-state index is 11.0. The van der Waals surface area contributed by atoms with Gasteiger partial charge in [-0.2, -0.15) is 0 Å². The standard InChI is InChI=1S/C16H13NO2/c1-2-16(18)19-15-10-8-13(9-11-15)12-17-14-6-4-3-5-7-14/h2-12H,1H2. The highest BCUT2D eigenvalue weighted by Crippen LogP contribution is 2.13. The molecule has 0 spiro atoms. The lowest BCUT2D eigenvalue weighted by Gasteiger charge is -2.00. The van der Waals surface area contributed by atoms with Gasteiger partial charge in [0.15, 0.2) is 0 Å². The van der Waals surface area contributed by atoms with Crippen LogP contribution in [0.5, 0.6) is 5.75 Å². The molecule has 3 nitrogen and oxygen atoms in total. The summed E-state index contributed by atoms with van der Waals surface area (Å²) < 4.78 is 4.98. The highest BCUT2D eigenvalue weighted by molar-refractivity contribution is 5.84. The quantitative estimate of drug-likeness (QED) is 0.361. The van der Waals surface area contributed by atoms with Gasteiger partial charge < -0.3 is 4.74 Å². The third-order valence-electron chi connectivity index (χ3n) is 2.38. The van der Waals surface area contributed by atoms with Gasteiger partial charge in [-0.05, 0) is 42.0 Å². The fourth-order valence-electron chi connectivity index (χ4n) is 1.44. The van der Waals surface area contributed by atoms with Gasteiger partial charge in [-0.25, -0.2) is 4.79 Å². The monoisotopic (exact) mass is 251 g/mol. The topological polar surface area (TPSA) is 38.7 Å². The molecule has 0 aliphatic heterocycles. The Balaban J connectivity index is 2.05. The van der Waals surface area contributed by atoms with Crippen molar-refractivity contribution in [3.05, 3.63) is 72.8 Å². The molecule has 0 aromatic heterocycles. The maximum Gasteiger partial charge on any atom is 0.335 e. The van der Waals surface area contributed by atoms with E-state index in [2.05, 4.69) is 11.6 Å². The van der Waals surface area contributed by atoms with Crippen LogP contribution in [0, 0.1) is 0 Å². The molecule has 0 bridgehead atoms. The number of nitrogens with zero attached hydrogens (tertiary/aromatic N) is 1. The molecule has 0 fully saturated rings. The first kappa shape index (κ1) is 12.8. The predicted octanol–water partition coefficient (Wildman–Crippen LogP) is 3.53. The fourth-order valence-corrected chi connectivity index (χ4v) is 1.44. The van der Waals surface area contributed by atoms with Crippen molar-refractivity contribution in [3.63, 3.8) is 0 Å². The number of hydrogen-bond acceptors (Lipinski definition) is 3. The van der Waals surface area contributed by atoms with E-state index in [4.69, 9.17) is 4.74 Å². The number of para-hydroxylation sites is 1. The second-order valence-corrected chi connectivity index (χ2v) is 3.79. The van der Waals surface area contributed by atoms with Crippen LogP contribution in [0.2, 0.25) is 0 Å². The zero-order valence-corrected chi connectivity index (χ0v) is 10.3. The Morgan fingerprint density at radius 2 is 1.74 bits per heavy atom. The van der Waals surface area contributed by atoms with Crippen LogP contribution in [0.1, 0.15) is 5.56 Å². The van der Waals surface area contributed by atoms with Gasteiger partial charge in [-0.1, -0.05) is 24.8 Å². The summed E-state index contributed by atoms with van der Waals surface area (Å²) in [6, 6.07) is 16.8. The minimum Gasteiger partial charge on any atom is -0.423 e. The Bertz CT molecular complexity index is 586. The third-order valence-corrected chi connectivity index (χ3v) is 2.38. The van der Waals surface area contributed by atoms with Gasteiger partial charge in [0, 0.05) is 12.3 Å². The molecule has 2 aromatic carbocycles. The highest BCUT2D eigenvalue weighted by Gasteiger charge is 1.98. The first-order valence-electron chi connectivity index (χ1n) is 5.81. The third kappa shape index (κ3) is 3.92. The summed E-state index contributed by atoms with van der Waals surface area (Å²) in [4.78, 5) is 15.3. The second-order valence-electron chi connectivity index (χ2n) is 3.79. The molecule has 94 valence electrons. The number of benzene rings is 2. The lowest BCUT2D eigenvalue weighted by atomic mass is 10.2. The lowest BCUT2D eigenvalue weighted by molar-refractivity contribution is -0.128. The van der Waals surface area contributed by atoms with E-state index in [1.807, 2.05) is 42.5 Å². The van der Waals surface area contributed by atoms with Crippen LogP contribution < -0.4 is 4.74 Å². The molecule has 2 rings (SSSR count). The van der Waals surface area contributed by atoms with Crippen molar-refractivity contribution in [2.45, 2.75) is 0 Å². The van der Waals surface area contributed by atoms with E-state index in [-0.39, 0.29) is 0 Å². The Morgan fingerprint density at radius 1 is 1.05 bits per heavy atom. The number of aliphatic imine (C=N–C) groups is 1. The van der Waals surface area contributed by atoms with Gasteiger partial charge in [0.05, 0.1) is 5.69 Å². The number of carbonyl (C=O) groups is 1. The molecular weight excluding hydrogens is 238 g/mol. The molecule has 0 N–H and O–H groups in total. The van der Waals surface area contributed by atoms with E-state index in [9.17, 15) is 4.79 Å². The Morgan fingerprint density at radius 3 is 2.37 bits per heavy atom. The van der Waals surface area contributed by atoms with Crippen molar-refractivity contribution < 1.29 is 9.53 Å². The average molecular weight is 251 g/mol. The van der Waals surface area contributed by atoms with Crippen molar-refractivity contribution in [3.8, 4) is 5.75 Å². The van der Waals surface area contributed by atoms with E-state index < -0.39 is 5.97 Å². The van der Waals surface area contributed by atoms with E-state index >= 15 is 0 Å². The molecular formula is C16H13NO2. The summed E-state index contributed by atoms with van der Waals surface area (Å²) in [6.45, 7) is 3.34. The van der Waals surface area contributed by atoms with Crippen LogP contribution in [0.15, 0.2) is 72.2 Å². The SMILES string of the molecule is C=CC(=O)Oc1ccc(C=Nc2ccccc2)cc1. The van der Waals surface area contributed by atoms with Gasteiger partial charge in [-0.3, -0.25) is 4.99 Å². The molecule has 0 heterocycles. The van der Waals surface area contributed by atoms with Crippen molar-refractivity contribution in [2.75, 3.05) is 0 Å². The summed E-state index contributed by atoms with van der Waals surface area (Å²) in [5.41, 5.74) is 1.83. The zero-order valence-electron chi connectivity index (χ0n) is 10.3. The molecule has 0 saturated carbocycles. The second kappa shape index (κ2) is 6.31. The van der Waals surface area contributed by atoms with Gasteiger partial charge in [-0.15, -0.1) is 0 Å². The van der Waals surface area contributed by atoms with E-state index in [1.165, 1.54) is 0 Å². The van der Waals surface area contributed by atoms with E-state index in [0.717, 1.165) is 17.3 Å². The normalized spacial score (nSPS) is 10.3. The number of esters is 1. The number of ether oxygens (including phenoxy) is 1. The predicted molar refractivity (Wildman–Crippen MR) is 76.0 cm³/mol. The molecule has 2 aromatic rings. The summed E-state index contributed by atoms with van der Waals surface area (Å²) in [6.07, 6.45) is 2.89. The van der Waals surface area contributed by atoms with Crippen molar-refractivity contribution in [1.82, 2.24) is 0 Å². The molecule has 0 atom stereocenters. The van der Waals surface area contributed by atoms with Crippen LogP contribution in [0.4, 0.5) is 5.69 Å². The fraction of sp³-hybridized carbons (Fsp3) is 0. The summed E-state index contributed by atoms with van der Waals surface area (Å²) in [7, 11) is 0.